The van der Waals surface area contributed by atoms with Gasteiger partial charge in [-0.3, -0.25) is 4.98 Å². The fourth-order valence-electron chi connectivity index (χ4n) is 0.620. The summed E-state index contributed by atoms with van der Waals surface area (Å²) >= 11 is 4.74. The Morgan fingerprint density at radius 1 is 1.82 bits per heavy atom. The first-order valence-corrected chi connectivity index (χ1v) is 3.35. The number of rotatable bonds is 1. The molecule has 0 radical (unpaired) electrons. The zero-order valence-electron chi connectivity index (χ0n) is 5.87. The molecule has 0 bridgehead atoms. The van der Waals surface area contributed by atoms with Crippen molar-refractivity contribution in [3.05, 3.63) is 20.8 Å². The topological polar surface area (TPSA) is 70.9 Å². The number of aryl methyl sites for hydroxylation is 1. The van der Waals surface area contributed by atoms with Crippen LogP contribution < -0.4 is 5.69 Å². The monoisotopic (exact) mass is 173 g/mol. The van der Waals surface area contributed by atoms with Crippen LogP contribution >= 0.6 is 12.2 Å². The van der Waals surface area contributed by atoms with E-state index in [0.717, 1.165) is 4.68 Å². The van der Waals surface area contributed by atoms with Gasteiger partial charge in [-0.2, -0.15) is 9.78 Å². The molecule has 1 rings (SSSR count). The highest BCUT2D eigenvalue weighted by atomic mass is 32.1. The summed E-state index contributed by atoms with van der Waals surface area (Å²) in [6.07, 6.45) is 0. The number of H-pyrrole nitrogens is 1. The van der Waals surface area contributed by atoms with Crippen LogP contribution in [0.1, 0.15) is 5.69 Å². The largest absolute Gasteiger partial charge is 0.374 e. The lowest BCUT2D eigenvalue weighted by Crippen LogP contribution is -2.26. The average Bonchev–Trinajstić information content (AvgIpc) is 1.97. The minimum atomic E-state index is -0.497. The Kier molecular flexibility index (Phi) is 2.16. The minimum absolute atomic E-state index is 0.305. The number of hydrogen-bond acceptors (Lipinski definition) is 4. The molecule has 60 valence electrons. The number of aliphatic hydroxyl groups excluding tert-OH is 1. The molecule has 11 heavy (non-hydrogen) atoms. The van der Waals surface area contributed by atoms with Crippen molar-refractivity contribution in [2.45, 2.75) is 13.7 Å². The molecule has 0 aliphatic carbocycles. The van der Waals surface area contributed by atoms with Crippen molar-refractivity contribution >= 4 is 12.2 Å². The molecule has 0 unspecified atom stereocenters. The second kappa shape index (κ2) is 2.93. The first-order valence-electron chi connectivity index (χ1n) is 2.94. The van der Waals surface area contributed by atoms with Crippen LogP contribution in [0.4, 0.5) is 0 Å². The van der Waals surface area contributed by atoms with Crippen molar-refractivity contribution in [3.8, 4) is 0 Å². The van der Waals surface area contributed by atoms with Gasteiger partial charge in [-0.05, 0) is 6.92 Å². The molecule has 0 fully saturated rings. The molecule has 1 aromatic heterocycles. The first-order chi connectivity index (χ1) is 5.15. The molecule has 0 aliphatic rings. The maximum atomic E-state index is 10.8. The van der Waals surface area contributed by atoms with Gasteiger partial charge in [-0.15, -0.1) is 0 Å². The maximum Gasteiger partial charge on any atom is 0.345 e. The lowest BCUT2D eigenvalue weighted by atomic mass is 10.5. The summed E-state index contributed by atoms with van der Waals surface area (Å²) < 4.78 is 1.20. The van der Waals surface area contributed by atoms with Gasteiger partial charge in [0.2, 0.25) is 0 Å². The maximum absolute atomic E-state index is 10.8. The number of hydrogen-bond donors (Lipinski definition) is 2. The van der Waals surface area contributed by atoms with Crippen molar-refractivity contribution in [3.63, 3.8) is 0 Å². The molecule has 0 aromatic carbocycles. The highest BCUT2D eigenvalue weighted by Gasteiger charge is 1.96. The van der Waals surface area contributed by atoms with Gasteiger partial charge in [0.15, 0.2) is 0 Å². The van der Waals surface area contributed by atoms with Crippen molar-refractivity contribution in [1.82, 2.24) is 14.8 Å². The van der Waals surface area contributed by atoms with Crippen molar-refractivity contribution in [2.24, 2.45) is 0 Å². The van der Waals surface area contributed by atoms with Gasteiger partial charge >= 0.3 is 5.69 Å². The van der Waals surface area contributed by atoms with Gasteiger partial charge in [0, 0.05) is 0 Å². The highest BCUT2D eigenvalue weighted by molar-refractivity contribution is 7.71. The minimum Gasteiger partial charge on any atom is -0.374 e. The molecule has 5 nitrogen and oxygen atoms in total. The Balaban J connectivity index is 3.45. The fourth-order valence-corrected chi connectivity index (χ4v) is 0.748. The van der Waals surface area contributed by atoms with E-state index in [9.17, 15) is 4.79 Å². The highest BCUT2D eigenvalue weighted by Crippen LogP contribution is 1.86. The molecule has 1 heterocycles. The summed E-state index contributed by atoms with van der Waals surface area (Å²) in [5.41, 5.74) is 0.0248. The molecule has 0 saturated carbocycles. The second-order valence-electron chi connectivity index (χ2n) is 1.99. The first kappa shape index (κ1) is 8.09. The average molecular weight is 173 g/mol. The SMILES string of the molecule is Cc1nn(CO)c(=O)[nH]c1=S. The third-order valence-electron chi connectivity index (χ3n) is 1.19. The van der Waals surface area contributed by atoms with Gasteiger partial charge < -0.3 is 5.11 Å². The van der Waals surface area contributed by atoms with Crippen LogP contribution in [0.5, 0.6) is 0 Å². The van der Waals surface area contributed by atoms with E-state index in [4.69, 9.17) is 17.3 Å². The van der Waals surface area contributed by atoms with E-state index in [-0.39, 0.29) is 0 Å². The van der Waals surface area contributed by atoms with Gasteiger partial charge in [-0.1, -0.05) is 12.2 Å². The molecular weight excluding hydrogens is 166 g/mol. The molecule has 0 spiro atoms. The summed E-state index contributed by atoms with van der Waals surface area (Å²) in [5.74, 6) is 0. The zero-order chi connectivity index (χ0) is 8.43. The number of nitrogens with one attached hydrogen (secondary N) is 1. The van der Waals surface area contributed by atoms with Crippen LogP contribution in [0, 0.1) is 11.6 Å². The van der Waals surface area contributed by atoms with Gasteiger partial charge in [-0.25, -0.2) is 4.79 Å². The smallest absolute Gasteiger partial charge is 0.345 e. The Labute approximate surface area is 67.3 Å². The molecular formula is C5H7N3O2S. The van der Waals surface area contributed by atoms with Crippen LogP contribution in [0.15, 0.2) is 4.79 Å². The van der Waals surface area contributed by atoms with E-state index in [0.29, 0.717) is 10.3 Å². The van der Waals surface area contributed by atoms with Gasteiger partial charge in [0.05, 0.1) is 5.69 Å². The lowest BCUT2D eigenvalue weighted by Gasteiger charge is -1.98. The molecule has 0 saturated heterocycles. The van der Waals surface area contributed by atoms with Crippen LogP contribution in [0.3, 0.4) is 0 Å². The summed E-state index contributed by atoms with van der Waals surface area (Å²) in [5, 5.41) is 12.3. The van der Waals surface area contributed by atoms with E-state index in [1.54, 1.807) is 6.92 Å². The van der Waals surface area contributed by atoms with E-state index >= 15 is 0 Å². The van der Waals surface area contributed by atoms with Crippen molar-refractivity contribution in [1.29, 1.82) is 0 Å². The van der Waals surface area contributed by atoms with Gasteiger partial charge in [0.25, 0.3) is 0 Å². The molecule has 0 amide bonds. The molecule has 1 aromatic rings. The summed E-state index contributed by atoms with van der Waals surface area (Å²) in [6, 6.07) is 0. The van der Waals surface area contributed by atoms with Crippen LogP contribution in [-0.2, 0) is 6.73 Å². The number of aromatic nitrogens is 3. The summed E-state index contributed by atoms with van der Waals surface area (Å²) in [6.45, 7) is 1.22. The van der Waals surface area contributed by atoms with Gasteiger partial charge in [0.1, 0.15) is 11.4 Å². The standard InChI is InChI=1S/C5H7N3O2S/c1-3-4(11)6-5(10)8(2-9)7-3/h9H,2H2,1H3,(H,6,10,11). The van der Waals surface area contributed by atoms with E-state index in [1.807, 2.05) is 0 Å². The normalized spacial score (nSPS) is 10.0. The van der Waals surface area contributed by atoms with Crippen LogP contribution in [0.25, 0.3) is 0 Å². The Bertz CT molecular complexity index is 367. The van der Waals surface area contributed by atoms with Crippen LogP contribution in [-0.4, -0.2) is 19.9 Å². The molecule has 0 atom stereocenters. The molecule has 2 N–H and O–H groups in total. The lowest BCUT2D eigenvalue weighted by molar-refractivity contribution is 0.185. The zero-order valence-corrected chi connectivity index (χ0v) is 6.68. The Hall–Kier alpha value is -1.01. The van der Waals surface area contributed by atoms with E-state index in [1.165, 1.54) is 0 Å². The van der Waals surface area contributed by atoms with Crippen molar-refractivity contribution in [2.75, 3.05) is 0 Å². The number of aromatic amines is 1. The number of nitrogens with zero attached hydrogens (tertiary/aromatic N) is 2. The van der Waals surface area contributed by atoms with Crippen LogP contribution in [0.2, 0.25) is 0 Å². The molecule has 6 heteroatoms. The van der Waals surface area contributed by atoms with E-state index in [2.05, 4.69) is 10.1 Å². The summed E-state index contributed by atoms with van der Waals surface area (Å²) in [4.78, 5) is 13.2. The third-order valence-corrected chi connectivity index (χ3v) is 1.59. The summed E-state index contributed by atoms with van der Waals surface area (Å²) in [7, 11) is 0. The Morgan fingerprint density at radius 3 is 3.00 bits per heavy atom. The third kappa shape index (κ3) is 1.52. The quantitative estimate of drug-likeness (QED) is 0.565. The predicted octanol–water partition coefficient (Wildman–Crippen LogP) is -0.441. The second-order valence-corrected chi connectivity index (χ2v) is 2.39. The van der Waals surface area contributed by atoms with Crippen molar-refractivity contribution < 1.29 is 5.11 Å². The fraction of sp³-hybridized carbons (Fsp3) is 0.400. The van der Waals surface area contributed by atoms with E-state index < -0.39 is 12.4 Å². The Morgan fingerprint density at radius 2 is 2.45 bits per heavy atom. The molecule has 0 aliphatic heterocycles. The number of aliphatic hydroxyl groups is 1. The predicted molar refractivity (Wildman–Crippen MR) is 40.6 cm³/mol.